The number of rotatable bonds is 3. The van der Waals surface area contributed by atoms with Crippen molar-refractivity contribution in [2.75, 3.05) is 19.7 Å². The van der Waals surface area contributed by atoms with E-state index in [4.69, 9.17) is 10.5 Å². The molecule has 0 aromatic carbocycles. The van der Waals surface area contributed by atoms with Gasteiger partial charge >= 0.3 is 6.09 Å². The molecule has 0 aromatic heterocycles. The highest BCUT2D eigenvalue weighted by Crippen LogP contribution is 2.25. The number of nitrogens with two attached hydrogens (primary N) is 1. The number of aliphatic hydroxyl groups is 1. The summed E-state index contributed by atoms with van der Waals surface area (Å²) < 4.78 is 5.36. The van der Waals surface area contributed by atoms with Gasteiger partial charge in [0.25, 0.3) is 0 Å². The summed E-state index contributed by atoms with van der Waals surface area (Å²) in [6.45, 7) is 6.64. The molecule has 0 bridgehead atoms. The lowest BCUT2D eigenvalue weighted by atomic mass is 9.99. The zero-order valence-corrected chi connectivity index (χ0v) is 11.0. The Morgan fingerprint density at radius 3 is 2.71 bits per heavy atom. The van der Waals surface area contributed by atoms with Crippen LogP contribution in [-0.4, -0.2) is 47.4 Å². The molecule has 1 saturated heterocycles. The predicted molar refractivity (Wildman–Crippen MR) is 65.6 cm³/mol. The first kappa shape index (κ1) is 14.3. The molecule has 0 aliphatic carbocycles. The Hall–Kier alpha value is -0.810. The normalized spacial score (nSPS) is 22.6. The van der Waals surface area contributed by atoms with E-state index in [0.717, 1.165) is 12.8 Å². The number of ether oxygens (including phenoxy) is 1. The van der Waals surface area contributed by atoms with Crippen LogP contribution in [0.4, 0.5) is 4.79 Å². The van der Waals surface area contributed by atoms with E-state index in [0.29, 0.717) is 13.1 Å². The van der Waals surface area contributed by atoms with Gasteiger partial charge in [0.05, 0.1) is 0 Å². The van der Waals surface area contributed by atoms with Gasteiger partial charge in [-0.15, -0.1) is 0 Å². The van der Waals surface area contributed by atoms with E-state index in [2.05, 4.69) is 0 Å². The second-order valence-corrected chi connectivity index (χ2v) is 5.56. The van der Waals surface area contributed by atoms with E-state index in [1.165, 1.54) is 0 Å². The highest BCUT2D eigenvalue weighted by atomic mass is 16.6. The summed E-state index contributed by atoms with van der Waals surface area (Å²) >= 11 is 0. The molecule has 17 heavy (non-hydrogen) atoms. The molecule has 1 fully saturated rings. The van der Waals surface area contributed by atoms with E-state index in [1.54, 1.807) is 4.90 Å². The number of nitrogens with zero attached hydrogens (tertiary/aromatic N) is 1. The van der Waals surface area contributed by atoms with Crippen molar-refractivity contribution in [3.8, 4) is 0 Å². The Labute approximate surface area is 103 Å². The first-order valence-corrected chi connectivity index (χ1v) is 6.19. The van der Waals surface area contributed by atoms with Crippen LogP contribution in [0, 0.1) is 5.92 Å². The van der Waals surface area contributed by atoms with Crippen LogP contribution >= 0.6 is 0 Å². The summed E-state index contributed by atoms with van der Waals surface area (Å²) in [6.07, 6.45) is 1.54. The quantitative estimate of drug-likeness (QED) is 0.775. The van der Waals surface area contributed by atoms with Crippen molar-refractivity contribution in [3.05, 3.63) is 0 Å². The average Bonchev–Trinajstić information content (AvgIpc) is 2.66. The van der Waals surface area contributed by atoms with Crippen molar-refractivity contribution in [3.63, 3.8) is 0 Å². The lowest BCUT2D eigenvalue weighted by Crippen LogP contribution is -2.45. The molecule has 0 spiro atoms. The topological polar surface area (TPSA) is 75.8 Å². The second kappa shape index (κ2) is 5.69. The van der Waals surface area contributed by atoms with Crippen LogP contribution in [0.1, 0.15) is 33.6 Å². The van der Waals surface area contributed by atoms with Crippen molar-refractivity contribution in [2.24, 2.45) is 11.7 Å². The van der Waals surface area contributed by atoms with Crippen LogP contribution in [0.3, 0.4) is 0 Å². The molecule has 1 amide bonds. The Morgan fingerprint density at radius 1 is 1.59 bits per heavy atom. The van der Waals surface area contributed by atoms with Gasteiger partial charge in [-0.3, -0.25) is 0 Å². The molecule has 0 aromatic rings. The average molecular weight is 244 g/mol. The van der Waals surface area contributed by atoms with Crippen LogP contribution < -0.4 is 5.73 Å². The fraction of sp³-hybridized carbons (Fsp3) is 0.917. The van der Waals surface area contributed by atoms with Gasteiger partial charge in [-0.05, 0) is 40.2 Å². The molecule has 1 aliphatic rings. The number of hydrogen-bond acceptors (Lipinski definition) is 4. The zero-order chi connectivity index (χ0) is 13.1. The third kappa shape index (κ3) is 3.85. The van der Waals surface area contributed by atoms with Gasteiger partial charge in [-0.2, -0.15) is 0 Å². The van der Waals surface area contributed by atoms with E-state index in [-0.39, 0.29) is 24.7 Å². The van der Waals surface area contributed by atoms with Crippen LogP contribution in [0.15, 0.2) is 0 Å². The van der Waals surface area contributed by atoms with Gasteiger partial charge in [0.15, 0.2) is 0 Å². The standard InChI is InChI=1S/C12H24N2O3/c1-12(2,3)17-11(16)14-6-4-5-10(14)9(7-13)8-15/h9-10,15H,4-8,13H2,1-3H3. The lowest BCUT2D eigenvalue weighted by molar-refractivity contribution is 0.0150. The van der Waals surface area contributed by atoms with Gasteiger partial charge < -0.3 is 20.5 Å². The SMILES string of the molecule is CC(C)(C)OC(=O)N1CCCC1C(CN)CO. The molecule has 5 heteroatoms. The monoisotopic (exact) mass is 244 g/mol. The van der Waals surface area contributed by atoms with Crippen molar-refractivity contribution < 1.29 is 14.6 Å². The summed E-state index contributed by atoms with van der Waals surface area (Å²) in [5.74, 6) is -0.0509. The Balaban J connectivity index is 2.65. The van der Waals surface area contributed by atoms with Crippen molar-refractivity contribution in [1.82, 2.24) is 4.90 Å². The van der Waals surface area contributed by atoms with Crippen LogP contribution in [-0.2, 0) is 4.74 Å². The number of hydrogen-bond donors (Lipinski definition) is 2. The van der Waals surface area contributed by atoms with Gasteiger partial charge in [-0.1, -0.05) is 0 Å². The maximum atomic E-state index is 12.0. The molecule has 1 aliphatic heterocycles. The minimum Gasteiger partial charge on any atom is -0.444 e. The van der Waals surface area contributed by atoms with Crippen LogP contribution in [0.25, 0.3) is 0 Å². The molecule has 2 unspecified atom stereocenters. The summed E-state index contributed by atoms with van der Waals surface area (Å²) in [5, 5.41) is 9.26. The zero-order valence-electron chi connectivity index (χ0n) is 11.0. The highest BCUT2D eigenvalue weighted by Gasteiger charge is 2.36. The summed E-state index contributed by atoms with van der Waals surface area (Å²) in [5.41, 5.74) is 5.13. The van der Waals surface area contributed by atoms with Gasteiger partial charge in [-0.25, -0.2) is 4.79 Å². The molecular formula is C12H24N2O3. The lowest BCUT2D eigenvalue weighted by Gasteiger charge is -2.32. The third-order valence-corrected chi connectivity index (χ3v) is 3.01. The van der Waals surface area contributed by atoms with E-state index in [1.807, 2.05) is 20.8 Å². The summed E-state index contributed by atoms with van der Waals surface area (Å²) in [4.78, 5) is 13.7. The third-order valence-electron chi connectivity index (χ3n) is 3.01. The van der Waals surface area contributed by atoms with Crippen molar-refractivity contribution >= 4 is 6.09 Å². The number of carbonyl (C=O) groups excluding carboxylic acids is 1. The largest absolute Gasteiger partial charge is 0.444 e. The summed E-state index contributed by atoms with van der Waals surface area (Å²) in [6, 6.07) is 0.0137. The Kier molecular flexibility index (Phi) is 4.77. The molecule has 5 nitrogen and oxygen atoms in total. The molecule has 2 atom stereocenters. The second-order valence-electron chi connectivity index (χ2n) is 5.56. The van der Waals surface area contributed by atoms with Crippen molar-refractivity contribution in [1.29, 1.82) is 0 Å². The Bertz CT molecular complexity index is 259. The van der Waals surface area contributed by atoms with Crippen LogP contribution in [0.2, 0.25) is 0 Å². The smallest absolute Gasteiger partial charge is 0.410 e. The van der Waals surface area contributed by atoms with Gasteiger partial charge in [0.1, 0.15) is 5.60 Å². The summed E-state index contributed by atoms with van der Waals surface area (Å²) in [7, 11) is 0. The molecule has 1 heterocycles. The number of carbonyl (C=O) groups is 1. The molecule has 100 valence electrons. The van der Waals surface area contributed by atoms with E-state index >= 15 is 0 Å². The molecule has 3 N–H and O–H groups in total. The highest BCUT2D eigenvalue weighted by molar-refractivity contribution is 5.69. The maximum Gasteiger partial charge on any atom is 0.410 e. The van der Waals surface area contributed by atoms with E-state index < -0.39 is 5.60 Å². The fourth-order valence-electron chi connectivity index (χ4n) is 2.18. The molecule has 0 radical (unpaired) electrons. The fourth-order valence-corrected chi connectivity index (χ4v) is 2.18. The minimum atomic E-state index is -0.484. The number of amides is 1. The van der Waals surface area contributed by atoms with Gasteiger partial charge in [0.2, 0.25) is 0 Å². The predicted octanol–water partition coefficient (Wildman–Crippen LogP) is 0.953. The molecule has 0 saturated carbocycles. The first-order valence-electron chi connectivity index (χ1n) is 6.19. The van der Waals surface area contributed by atoms with Crippen molar-refractivity contribution in [2.45, 2.75) is 45.3 Å². The first-order chi connectivity index (χ1) is 7.89. The van der Waals surface area contributed by atoms with Gasteiger partial charge in [0, 0.05) is 25.1 Å². The van der Waals surface area contributed by atoms with E-state index in [9.17, 15) is 9.90 Å². The number of likely N-dealkylation sites (tertiary alicyclic amines) is 1. The minimum absolute atomic E-state index is 0.0137. The molecular weight excluding hydrogens is 220 g/mol. The molecule has 1 rings (SSSR count). The van der Waals surface area contributed by atoms with Crippen LogP contribution in [0.5, 0.6) is 0 Å². The Morgan fingerprint density at radius 2 is 2.24 bits per heavy atom. The maximum absolute atomic E-state index is 12.0. The number of aliphatic hydroxyl groups excluding tert-OH is 1.